The standard InChI is InChI=1S/C16H16F3NO/c1-10-7-8-14(21-2)12(9-10)15(20)11-5-3-4-6-13(11)16(17,18)19/h3-9,15H,20H2,1-2H3. The molecule has 0 aliphatic rings. The molecule has 0 saturated heterocycles. The van der Waals surface area contributed by atoms with Crippen LogP contribution in [0, 0.1) is 6.92 Å². The van der Waals surface area contributed by atoms with E-state index in [1.165, 1.54) is 19.2 Å². The van der Waals surface area contributed by atoms with Crippen LogP contribution in [0.3, 0.4) is 0 Å². The highest BCUT2D eigenvalue weighted by molar-refractivity contribution is 5.46. The van der Waals surface area contributed by atoms with Gasteiger partial charge < -0.3 is 10.5 Å². The maximum absolute atomic E-state index is 13.1. The molecule has 0 fully saturated rings. The molecule has 0 spiro atoms. The molecule has 5 heteroatoms. The van der Waals surface area contributed by atoms with Gasteiger partial charge in [0, 0.05) is 5.56 Å². The topological polar surface area (TPSA) is 35.2 Å². The zero-order valence-electron chi connectivity index (χ0n) is 11.7. The van der Waals surface area contributed by atoms with Gasteiger partial charge in [0.15, 0.2) is 0 Å². The Bertz CT molecular complexity index is 638. The summed E-state index contributed by atoms with van der Waals surface area (Å²) in [5.41, 5.74) is 6.84. The molecule has 112 valence electrons. The lowest BCUT2D eigenvalue weighted by molar-refractivity contribution is -0.138. The third-order valence-electron chi connectivity index (χ3n) is 3.32. The molecule has 21 heavy (non-hydrogen) atoms. The predicted octanol–water partition coefficient (Wildman–Crippen LogP) is 4.07. The van der Waals surface area contributed by atoms with E-state index in [4.69, 9.17) is 10.5 Å². The fourth-order valence-electron chi connectivity index (χ4n) is 2.29. The maximum atomic E-state index is 13.1. The fraction of sp³-hybridized carbons (Fsp3) is 0.250. The number of methoxy groups -OCH3 is 1. The molecule has 0 saturated carbocycles. The first-order chi connectivity index (χ1) is 9.84. The number of benzene rings is 2. The van der Waals surface area contributed by atoms with E-state index in [0.717, 1.165) is 11.6 Å². The molecule has 0 aliphatic carbocycles. The largest absolute Gasteiger partial charge is 0.496 e. The molecule has 1 atom stereocenters. The maximum Gasteiger partial charge on any atom is 0.416 e. The van der Waals surface area contributed by atoms with Gasteiger partial charge >= 0.3 is 6.18 Å². The van der Waals surface area contributed by atoms with Gasteiger partial charge in [0.2, 0.25) is 0 Å². The lowest BCUT2D eigenvalue weighted by Crippen LogP contribution is -2.19. The third kappa shape index (κ3) is 3.19. The number of hydrogen-bond donors (Lipinski definition) is 1. The van der Waals surface area contributed by atoms with Gasteiger partial charge in [-0.25, -0.2) is 0 Å². The molecule has 2 rings (SSSR count). The molecule has 2 aromatic carbocycles. The van der Waals surface area contributed by atoms with Crippen LogP contribution in [0.4, 0.5) is 13.2 Å². The van der Waals surface area contributed by atoms with Crippen LogP contribution in [0.1, 0.15) is 28.3 Å². The van der Waals surface area contributed by atoms with Crippen LogP contribution in [-0.2, 0) is 6.18 Å². The first-order valence-electron chi connectivity index (χ1n) is 6.41. The van der Waals surface area contributed by atoms with Crippen molar-refractivity contribution in [2.24, 2.45) is 5.73 Å². The first kappa shape index (κ1) is 15.4. The van der Waals surface area contributed by atoms with Crippen LogP contribution >= 0.6 is 0 Å². The van der Waals surface area contributed by atoms with Crippen LogP contribution in [0.2, 0.25) is 0 Å². The first-order valence-corrected chi connectivity index (χ1v) is 6.41. The van der Waals surface area contributed by atoms with Gasteiger partial charge in [-0.1, -0.05) is 35.9 Å². The van der Waals surface area contributed by atoms with E-state index in [1.54, 1.807) is 18.2 Å². The molecule has 0 amide bonds. The molecule has 2 aromatic rings. The van der Waals surface area contributed by atoms with Gasteiger partial charge in [0.1, 0.15) is 5.75 Å². The number of rotatable bonds is 3. The molecule has 2 nitrogen and oxygen atoms in total. The van der Waals surface area contributed by atoms with Crippen molar-refractivity contribution >= 4 is 0 Å². The molecule has 0 bridgehead atoms. The van der Waals surface area contributed by atoms with Crippen LogP contribution in [-0.4, -0.2) is 7.11 Å². The second-order valence-electron chi connectivity index (χ2n) is 4.81. The van der Waals surface area contributed by atoms with E-state index in [2.05, 4.69) is 0 Å². The smallest absolute Gasteiger partial charge is 0.416 e. The molecule has 0 aromatic heterocycles. The van der Waals surface area contributed by atoms with Crippen molar-refractivity contribution in [3.8, 4) is 5.75 Å². The Morgan fingerprint density at radius 2 is 1.71 bits per heavy atom. The summed E-state index contributed by atoms with van der Waals surface area (Å²) >= 11 is 0. The van der Waals surface area contributed by atoms with Crippen molar-refractivity contribution in [3.63, 3.8) is 0 Å². The van der Waals surface area contributed by atoms with Gasteiger partial charge in [-0.05, 0) is 24.6 Å². The quantitative estimate of drug-likeness (QED) is 0.926. The molecule has 0 heterocycles. The summed E-state index contributed by atoms with van der Waals surface area (Å²) < 4.78 is 44.5. The summed E-state index contributed by atoms with van der Waals surface area (Å²) in [4.78, 5) is 0. The minimum atomic E-state index is -4.44. The molecule has 0 aliphatic heterocycles. The zero-order chi connectivity index (χ0) is 15.6. The van der Waals surface area contributed by atoms with Crippen molar-refractivity contribution in [2.45, 2.75) is 19.1 Å². The minimum absolute atomic E-state index is 0.0360. The lowest BCUT2D eigenvalue weighted by atomic mass is 9.93. The van der Waals surface area contributed by atoms with Gasteiger partial charge in [0.05, 0.1) is 18.7 Å². The number of alkyl halides is 3. The average Bonchev–Trinajstić information content (AvgIpc) is 2.45. The van der Waals surface area contributed by atoms with E-state index < -0.39 is 17.8 Å². The monoisotopic (exact) mass is 295 g/mol. The third-order valence-corrected chi connectivity index (χ3v) is 3.32. The fourth-order valence-corrected chi connectivity index (χ4v) is 2.29. The summed E-state index contributed by atoms with van der Waals surface area (Å²) in [6.45, 7) is 1.85. The molecular weight excluding hydrogens is 279 g/mol. The summed E-state index contributed by atoms with van der Waals surface area (Å²) in [5.74, 6) is 0.477. The predicted molar refractivity (Wildman–Crippen MR) is 75.2 cm³/mol. The van der Waals surface area contributed by atoms with E-state index in [1.807, 2.05) is 13.0 Å². The van der Waals surface area contributed by atoms with Gasteiger partial charge in [-0.2, -0.15) is 13.2 Å². The SMILES string of the molecule is COc1ccc(C)cc1C(N)c1ccccc1C(F)(F)F. The second-order valence-corrected chi connectivity index (χ2v) is 4.81. The highest BCUT2D eigenvalue weighted by atomic mass is 19.4. The Morgan fingerprint density at radius 3 is 2.33 bits per heavy atom. The number of halogens is 3. The van der Waals surface area contributed by atoms with Gasteiger partial charge in [-0.15, -0.1) is 0 Å². The Hall–Kier alpha value is -2.01. The van der Waals surface area contributed by atoms with Crippen LogP contribution in [0.25, 0.3) is 0 Å². The number of aryl methyl sites for hydroxylation is 1. The summed E-state index contributed by atoms with van der Waals surface area (Å²) in [7, 11) is 1.47. The Kier molecular flexibility index (Phi) is 4.23. The Morgan fingerprint density at radius 1 is 1.05 bits per heavy atom. The highest BCUT2D eigenvalue weighted by Gasteiger charge is 2.35. The van der Waals surface area contributed by atoms with Crippen LogP contribution < -0.4 is 10.5 Å². The zero-order valence-corrected chi connectivity index (χ0v) is 11.7. The number of ether oxygens (including phenoxy) is 1. The lowest BCUT2D eigenvalue weighted by Gasteiger charge is -2.20. The van der Waals surface area contributed by atoms with E-state index in [9.17, 15) is 13.2 Å². The summed E-state index contributed by atoms with van der Waals surface area (Å²) in [5, 5.41) is 0. The second kappa shape index (κ2) is 5.77. The Balaban J connectivity index is 2.56. The average molecular weight is 295 g/mol. The van der Waals surface area contributed by atoms with E-state index in [-0.39, 0.29) is 5.56 Å². The van der Waals surface area contributed by atoms with Crippen molar-refractivity contribution in [1.29, 1.82) is 0 Å². The van der Waals surface area contributed by atoms with E-state index in [0.29, 0.717) is 11.3 Å². The summed E-state index contributed by atoms with van der Waals surface area (Å²) in [6, 6.07) is 9.71. The van der Waals surface area contributed by atoms with Gasteiger partial charge in [0.25, 0.3) is 0 Å². The molecular formula is C16H16F3NO. The van der Waals surface area contributed by atoms with Crippen molar-refractivity contribution in [1.82, 2.24) is 0 Å². The normalized spacial score (nSPS) is 13.0. The highest BCUT2D eigenvalue weighted by Crippen LogP contribution is 2.37. The Labute approximate surface area is 121 Å². The number of hydrogen-bond acceptors (Lipinski definition) is 2. The van der Waals surface area contributed by atoms with E-state index >= 15 is 0 Å². The van der Waals surface area contributed by atoms with Gasteiger partial charge in [-0.3, -0.25) is 0 Å². The van der Waals surface area contributed by atoms with Crippen molar-refractivity contribution in [3.05, 3.63) is 64.7 Å². The molecule has 1 unspecified atom stereocenters. The molecule has 0 radical (unpaired) electrons. The minimum Gasteiger partial charge on any atom is -0.496 e. The molecule has 2 N–H and O–H groups in total. The van der Waals surface area contributed by atoms with Crippen molar-refractivity contribution in [2.75, 3.05) is 7.11 Å². The summed E-state index contributed by atoms with van der Waals surface area (Å²) in [6.07, 6.45) is -4.44. The number of nitrogens with two attached hydrogens (primary N) is 1. The van der Waals surface area contributed by atoms with Crippen molar-refractivity contribution < 1.29 is 17.9 Å². The van der Waals surface area contributed by atoms with Crippen LogP contribution in [0.15, 0.2) is 42.5 Å². The van der Waals surface area contributed by atoms with Crippen LogP contribution in [0.5, 0.6) is 5.75 Å².